The minimum absolute atomic E-state index is 0.0322. The molecule has 0 fully saturated rings. The molecule has 0 aliphatic heterocycles. The summed E-state index contributed by atoms with van der Waals surface area (Å²) in [6.45, 7) is 6.18. The van der Waals surface area contributed by atoms with Gasteiger partial charge in [-0.3, -0.25) is 20.4 Å². The summed E-state index contributed by atoms with van der Waals surface area (Å²) in [5.74, 6) is -0.219. The molecular formula is C17H19BrN2O3S. The molecule has 7 heteroatoms. The molecule has 1 heterocycles. The first-order valence-corrected chi connectivity index (χ1v) is 9.00. The van der Waals surface area contributed by atoms with Crippen molar-refractivity contribution in [2.45, 2.75) is 26.2 Å². The van der Waals surface area contributed by atoms with Crippen molar-refractivity contribution in [2.24, 2.45) is 0 Å². The molecule has 0 atom stereocenters. The van der Waals surface area contributed by atoms with E-state index in [9.17, 15) is 9.59 Å². The van der Waals surface area contributed by atoms with Gasteiger partial charge in [0.2, 0.25) is 0 Å². The zero-order valence-corrected chi connectivity index (χ0v) is 16.1. The van der Waals surface area contributed by atoms with Gasteiger partial charge in [0.1, 0.15) is 5.75 Å². The Morgan fingerprint density at radius 2 is 1.96 bits per heavy atom. The van der Waals surface area contributed by atoms with Crippen LogP contribution in [0.25, 0.3) is 0 Å². The van der Waals surface area contributed by atoms with Crippen LogP contribution in [0.4, 0.5) is 0 Å². The standard InChI is InChI=1S/C17H19BrN2O3S/c1-17(2,3)11-6-7-13(12(18)9-11)23-10-15(21)19-20-16(22)14-5-4-8-24-14/h4-9H,10H2,1-3H3,(H,19,21)(H,20,22). The lowest BCUT2D eigenvalue weighted by Gasteiger charge is -2.20. The van der Waals surface area contributed by atoms with Crippen molar-refractivity contribution in [3.63, 3.8) is 0 Å². The molecule has 1 aromatic heterocycles. The highest BCUT2D eigenvalue weighted by Crippen LogP contribution is 2.31. The zero-order chi connectivity index (χ0) is 17.7. The molecule has 2 aromatic rings. The molecule has 2 rings (SSSR count). The van der Waals surface area contributed by atoms with Crippen molar-refractivity contribution in [1.82, 2.24) is 10.9 Å². The zero-order valence-electron chi connectivity index (χ0n) is 13.7. The third kappa shape index (κ3) is 5.07. The molecule has 0 saturated carbocycles. The number of carbonyl (C=O) groups excluding carboxylic acids is 2. The minimum Gasteiger partial charge on any atom is -0.483 e. The van der Waals surface area contributed by atoms with Gasteiger partial charge in [-0.25, -0.2) is 0 Å². The van der Waals surface area contributed by atoms with Gasteiger partial charge in [0.25, 0.3) is 11.8 Å². The average molecular weight is 411 g/mol. The highest BCUT2D eigenvalue weighted by atomic mass is 79.9. The van der Waals surface area contributed by atoms with Crippen LogP contribution in [0.1, 0.15) is 36.0 Å². The number of amides is 2. The van der Waals surface area contributed by atoms with Crippen LogP contribution in [0.2, 0.25) is 0 Å². The summed E-state index contributed by atoms with van der Waals surface area (Å²) in [6.07, 6.45) is 0. The van der Waals surface area contributed by atoms with Gasteiger partial charge in [-0.05, 0) is 50.5 Å². The fourth-order valence-electron chi connectivity index (χ4n) is 1.86. The van der Waals surface area contributed by atoms with E-state index in [1.54, 1.807) is 17.5 Å². The van der Waals surface area contributed by atoms with Gasteiger partial charge in [-0.1, -0.05) is 32.9 Å². The average Bonchev–Trinajstić information content (AvgIpc) is 3.04. The first-order chi connectivity index (χ1) is 11.3. The summed E-state index contributed by atoms with van der Waals surface area (Å²) in [5.41, 5.74) is 5.86. The van der Waals surface area contributed by atoms with E-state index in [1.165, 1.54) is 11.3 Å². The molecule has 128 valence electrons. The lowest BCUT2D eigenvalue weighted by atomic mass is 9.87. The Morgan fingerprint density at radius 1 is 1.21 bits per heavy atom. The second-order valence-electron chi connectivity index (χ2n) is 6.16. The predicted octanol–water partition coefficient (Wildman–Crippen LogP) is 3.65. The third-order valence-electron chi connectivity index (χ3n) is 3.22. The highest BCUT2D eigenvalue weighted by molar-refractivity contribution is 9.10. The number of benzene rings is 1. The molecule has 0 bridgehead atoms. The van der Waals surface area contributed by atoms with Crippen LogP contribution < -0.4 is 15.6 Å². The van der Waals surface area contributed by atoms with Gasteiger partial charge in [0, 0.05) is 0 Å². The second kappa shape index (κ2) is 7.81. The maximum atomic E-state index is 11.8. The molecule has 5 nitrogen and oxygen atoms in total. The Kier molecular flexibility index (Phi) is 6.01. The van der Waals surface area contributed by atoms with E-state index in [2.05, 4.69) is 47.6 Å². The number of carbonyl (C=O) groups is 2. The van der Waals surface area contributed by atoms with E-state index < -0.39 is 5.91 Å². The summed E-state index contributed by atoms with van der Waals surface area (Å²) < 4.78 is 6.26. The maximum absolute atomic E-state index is 11.8. The first kappa shape index (κ1) is 18.5. The Balaban J connectivity index is 1.84. The molecule has 0 aliphatic carbocycles. The fourth-order valence-corrected chi connectivity index (χ4v) is 2.97. The van der Waals surface area contributed by atoms with Crippen LogP contribution in [-0.4, -0.2) is 18.4 Å². The SMILES string of the molecule is CC(C)(C)c1ccc(OCC(=O)NNC(=O)c2cccs2)c(Br)c1. The topological polar surface area (TPSA) is 67.4 Å². The van der Waals surface area contributed by atoms with Gasteiger partial charge in [-0.15, -0.1) is 11.3 Å². The van der Waals surface area contributed by atoms with Crippen LogP contribution in [0.3, 0.4) is 0 Å². The number of halogens is 1. The van der Waals surface area contributed by atoms with Gasteiger partial charge in [-0.2, -0.15) is 0 Å². The molecule has 0 spiro atoms. The monoisotopic (exact) mass is 410 g/mol. The van der Waals surface area contributed by atoms with Crippen molar-refractivity contribution in [2.75, 3.05) is 6.61 Å². The highest BCUT2D eigenvalue weighted by Gasteiger charge is 2.16. The van der Waals surface area contributed by atoms with Gasteiger partial charge < -0.3 is 4.74 Å². The number of hydrogen-bond donors (Lipinski definition) is 2. The normalized spacial score (nSPS) is 11.0. The molecule has 2 amide bonds. The molecule has 0 radical (unpaired) electrons. The van der Waals surface area contributed by atoms with Crippen LogP contribution in [-0.2, 0) is 10.2 Å². The third-order valence-corrected chi connectivity index (χ3v) is 4.71. The van der Waals surface area contributed by atoms with E-state index in [0.717, 1.165) is 10.0 Å². The van der Waals surface area contributed by atoms with E-state index in [0.29, 0.717) is 10.6 Å². The molecule has 1 aromatic carbocycles. The number of thiophene rings is 1. The summed E-state index contributed by atoms with van der Waals surface area (Å²) in [5, 5.41) is 1.79. The second-order valence-corrected chi connectivity index (χ2v) is 7.97. The summed E-state index contributed by atoms with van der Waals surface area (Å²) >= 11 is 4.75. The van der Waals surface area contributed by atoms with Crippen molar-refractivity contribution in [3.8, 4) is 5.75 Å². The molecular weight excluding hydrogens is 392 g/mol. The van der Waals surface area contributed by atoms with E-state index in [4.69, 9.17) is 4.74 Å². The smallest absolute Gasteiger partial charge is 0.279 e. The molecule has 0 unspecified atom stereocenters. The molecule has 24 heavy (non-hydrogen) atoms. The Labute approximate surface area is 153 Å². The largest absolute Gasteiger partial charge is 0.483 e. The van der Waals surface area contributed by atoms with E-state index in [1.807, 2.05) is 18.2 Å². The summed E-state index contributed by atoms with van der Waals surface area (Å²) in [7, 11) is 0. The number of hydrazine groups is 1. The number of hydrogen-bond acceptors (Lipinski definition) is 4. The van der Waals surface area contributed by atoms with E-state index in [-0.39, 0.29) is 17.9 Å². The lowest BCUT2D eigenvalue weighted by molar-refractivity contribution is -0.123. The number of nitrogens with one attached hydrogen (secondary N) is 2. The predicted molar refractivity (Wildman–Crippen MR) is 98.3 cm³/mol. The van der Waals surface area contributed by atoms with E-state index >= 15 is 0 Å². The summed E-state index contributed by atoms with van der Waals surface area (Å²) in [4.78, 5) is 24.0. The summed E-state index contributed by atoms with van der Waals surface area (Å²) in [6, 6.07) is 9.21. The van der Waals surface area contributed by atoms with Crippen LogP contribution in [0.15, 0.2) is 40.2 Å². The van der Waals surface area contributed by atoms with Gasteiger partial charge >= 0.3 is 0 Å². The van der Waals surface area contributed by atoms with Crippen molar-refractivity contribution >= 4 is 39.1 Å². The van der Waals surface area contributed by atoms with Crippen molar-refractivity contribution < 1.29 is 14.3 Å². The van der Waals surface area contributed by atoms with Crippen LogP contribution >= 0.6 is 27.3 Å². The number of ether oxygens (including phenoxy) is 1. The molecule has 0 saturated heterocycles. The first-order valence-electron chi connectivity index (χ1n) is 7.33. The fraction of sp³-hybridized carbons (Fsp3) is 0.294. The van der Waals surface area contributed by atoms with Gasteiger partial charge in [0.15, 0.2) is 6.61 Å². The van der Waals surface area contributed by atoms with Crippen LogP contribution in [0.5, 0.6) is 5.75 Å². The Bertz CT molecular complexity index is 724. The van der Waals surface area contributed by atoms with Crippen molar-refractivity contribution in [1.29, 1.82) is 0 Å². The van der Waals surface area contributed by atoms with Gasteiger partial charge in [0.05, 0.1) is 9.35 Å². The Morgan fingerprint density at radius 3 is 2.54 bits per heavy atom. The molecule has 2 N–H and O–H groups in total. The molecule has 0 aliphatic rings. The lowest BCUT2D eigenvalue weighted by Crippen LogP contribution is -2.43. The Hall–Kier alpha value is -1.86. The quantitative estimate of drug-likeness (QED) is 0.755. The number of rotatable bonds is 4. The van der Waals surface area contributed by atoms with Crippen molar-refractivity contribution in [3.05, 3.63) is 50.6 Å². The minimum atomic E-state index is -0.438. The maximum Gasteiger partial charge on any atom is 0.279 e. The van der Waals surface area contributed by atoms with Crippen LogP contribution in [0, 0.1) is 0 Å².